The van der Waals surface area contributed by atoms with Crippen LogP contribution in [0.4, 0.5) is 0 Å². The summed E-state index contributed by atoms with van der Waals surface area (Å²) in [6, 6.07) is 7.75. The van der Waals surface area contributed by atoms with Gasteiger partial charge < -0.3 is 4.90 Å². The lowest BCUT2D eigenvalue weighted by atomic mass is 10.2. The van der Waals surface area contributed by atoms with E-state index in [0.717, 1.165) is 10.0 Å². The van der Waals surface area contributed by atoms with Crippen molar-refractivity contribution in [3.8, 4) is 0 Å². The van der Waals surface area contributed by atoms with Crippen molar-refractivity contribution in [1.29, 1.82) is 0 Å². The number of Topliss-reactive ketones (excluding diaryl/α,β-unsaturated/α-hetero) is 1. The van der Waals surface area contributed by atoms with Crippen molar-refractivity contribution in [2.24, 2.45) is 0 Å². The summed E-state index contributed by atoms with van der Waals surface area (Å²) in [6.07, 6.45) is 0.0660. The molecule has 78 valence electrons. The van der Waals surface area contributed by atoms with Crippen LogP contribution in [0.5, 0.6) is 0 Å². The molecule has 1 heterocycles. The summed E-state index contributed by atoms with van der Waals surface area (Å²) in [6.45, 7) is 0.784. The molecule has 1 aromatic carbocycles. The molecule has 0 atom stereocenters. The molecule has 0 saturated carbocycles. The van der Waals surface area contributed by atoms with Crippen molar-refractivity contribution in [2.45, 2.75) is 13.0 Å². The Balaban J connectivity index is 2.06. The van der Waals surface area contributed by atoms with Gasteiger partial charge in [-0.25, -0.2) is 0 Å². The van der Waals surface area contributed by atoms with Gasteiger partial charge in [-0.15, -0.1) is 0 Å². The van der Waals surface area contributed by atoms with Gasteiger partial charge in [0, 0.05) is 11.0 Å². The molecule has 1 fully saturated rings. The Morgan fingerprint density at radius 3 is 2.40 bits per heavy atom. The van der Waals surface area contributed by atoms with E-state index in [4.69, 9.17) is 0 Å². The van der Waals surface area contributed by atoms with Crippen molar-refractivity contribution < 1.29 is 9.59 Å². The van der Waals surface area contributed by atoms with Gasteiger partial charge in [0.1, 0.15) is 0 Å². The minimum atomic E-state index is -0.0667. The van der Waals surface area contributed by atoms with Crippen LogP contribution < -0.4 is 0 Å². The van der Waals surface area contributed by atoms with E-state index in [1.54, 1.807) is 4.90 Å². The van der Waals surface area contributed by atoms with E-state index < -0.39 is 0 Å². The van der Waals surface area contributed by atoms with Crippen LogP contribution in [0.25, 0.3) is 0 Å². The molecule has 0 aromatic heterocycles. The first-order valence-electron chi connectivity index (χ1n) is 4.69. The molecule has 1 aliphatic heterocycles. The topological polar surface area (TPSA) is 37.4 Å². The highest BCUT2D eigenvalue weighted by Gasteiger charge is 2.26. The Morgan fingerprint density at radius 1 is 1.20 bits per heavy atom. The van der Waals surface area contributed by atoms with E-state index >= 15 is 0 Å². The zero-order valence-corrected chi connectivity index (χ0v) is 9.66. The molecule has 2 rings (SSSR count). The van der Waals surface area contributed by atoms with Gasteiger partial charge in [0.05, 0.1) is 13.0 Å². The summed E-state index contributed by atoms with van der Waals surface area (Å²) >= 11 is 3.34. The lowest BCUT2D eigenvalue weighted by Gasteiger charge is -2.14. The van der Waals surface area contributed by atoms with E-state index in [1.807, 2.05) is 24.3 Å². The van der Waals surface area contributed by atoms with Gasteiger partial charge in [-0.3, -0.25) is 9.59 Å². The van der Waals surface area contributed by atoms with Crippen LogP contribution in [0, 0.1) is 0 Å². The molecule has 1 aromatic rings. The van der Waals surface area contributed by atoms with E-state index in [-0.39, 0.29) is 24.7 Å². The Kier molecular flexibility index (Phi) is 2.86. The second-order valence-corrected chi connectivity index (χ2v) is 4.51. The van der Waals surface area contributed by atoms with Gasteiger partial charge in [0.15, 0.2) is 5.78 Å². The fraction of sp³-hybridized carbons (Fsp3) is 0.273. The third kappa shape index (κ3) is 2.45. The van der Waals surface area contributed by atoms with Crippen molar-refractivity contribution in [2.75, 3.05) is 6.54 Å². The maximum absolute atomic E-state index is 11.4. The Bertz CT molecular complexity index is 400. The fourth-order valence-corrected chi connectivity index (χ4v) is 1.86. The predicted octanol–water partition coefficient (Wildman–Crippen LogP) is 1.75. The molecule has 0 aliphatic carbocycles. The summed E-state index contributed by atoms with van der Waals surface area (Å²) in [4.78, 5) is 24.0. The fourth-order valence-electron chi connectivity index (χ4n) is 1.59. The van der Waals surface area contributed by atoms with Crippen LogP contribution in [0.2, 0.25) is 0 Å². The highest BCUT2D eigenvalue weighted by molar-refractivity contribution is 9.10. The summed E-state index contributed by atoms with van der Waals surface area (Å²) in [5.74, 6) is -0.0555. The standard InChI is InChI=1S/C11H10BrNO2/c12-9-3-1-8(2-4-9)6-13-7-10(14)5-11(13)15/h1-4H,5-7H2. The van der Waals surface area contributed by atoms with Crippen molar-refractivity contribution in [3.05, 3.63) is 34.3 Å². The number of nitrogens with zero attached hydrogens (tertiary/aromatic N) is 1. The number of carbonyl (C=O) groups excluding carboxylic acids is 2. The molecule has 15 heavy (non-hydrogen) atoms. The van der Waals surface area contributed by atoms with E-state index in [1.165, 1.54) is 0 Å². The highest BCUT2D eigenvalue weighted by Crippen LogP contribution is 2.15. The van der Waals surface area contributed by atoms with Crippen molar-refractivity contribution in [1.82, 2.24) is 4.90 Å². The van der Waals surface area contributed by atoms with Crippen molar-refractivity contribution >= 4 is 27.6 Å². The molecule has 1 aliphatic rings. The smallest absolute Gasteiger partial charge is 0.230 e. The first-order chi connectivity index (χ1) is 7.15. The number of benzene rings is 1. The number of halogens is 1. The van der Waals surface area contributed by atoms with Crippen molar-refractivity contribution in [3.63, 3.8) is 0 Å². The quantitative estimate of drug-likeness (QED) is 0.766. The third-order valence-electron chi connectivity index (χ3n) is 2.36. The first kappa shape index (κ1) is 10.4. The lowest BCUT2D eigenvalue weighted by molar-refractivity contribution is -0.128. The number of hydrogen-bond acceptors (Lipinski definition) is 2. The maximum Gasteiger partial charge on any atom is 0.230 e. The third-order valence-corrected chi connectivity index (χ3v) is 2.88. The molecular formula is C11H10BrNO2. The van der Waals surface area contributed by atoms with E-state index in [0.29, 0.717) is 6.54 Å². The van der Waals surface area contributed by atoms with E-state index in [9.17, 15) is 9.59 Å². The normalized spacial score (nSPS) is 16.2. The molecule has 3 nitrogen and oxygen atoms in total. The largest absolute Gasteiger partial charge is 0.331 e. The Morgan fingerprint density at radius 2 is 1.87 bits per heavy atom. The molecular weight excluding hydrogens is 258 g/mol. The second kappa shape index (κ2) is 4.14. The number of hydrogen-bond donors (Lipinski definition) is 0. The van der Waals surface area contributed by atoms with Crippen LogP contribution in [0.15, 0.2) is 28.7 Å². The minimum Gasteiger partial charge on any atom is -0.331 e. The van der Waals surface area contributed by atoms with Gasteiger partial charge in [0.2, 0.25) is 5.91 Å². The van der Waals surface area contributed by atoms with Gasteiger partial charge in [0.25, 0.3) is 0 Å². The highest BCUT2D eigenvalue weighted by atomic mass is 79.9. The van der Waals surface area contributed by atoms with E-state index in [2.05, 4.69) is 15.9 Å². The molecule has 0 spiro atoms. The average molecular weight is 268 g/mol. The molecule has 0 N–H and O–H groups in total. The lowest BCUT2D eigenvalue weighted by Crippen LogP contribution is -2.24. The molecule has 0 bridgehead atoms. The molecule has 1 saturated heterocycles. The monoisotopic (exact) mass is 267 g/mol. The molecule has 1 amide bonds. The second-order valence-electron chi connectivity index (χ2n) is 3.59. The van der Waals surface area contributed by atoms with Crippen LogP contribution in [-0.4, -0.2) is 23.1 Å². The average Bonchev–Trinajstić information content (AvgIpc) is 2.49. The maximum atomic E-state index is 11.4. The van der Waals surface area contributed by atoms with Gasteiger partial charge >= 0.3 is 0 Å². The minimum absolute atomic E-state index is 0.0112. The number of likely N-dealkylation sites (tertiary alicyclic amines) is 1. The zero-order valence-electron chi connectivity index (χ0n) is 8.07. The molecule has 0 unspecified atom stereocenters. The number of amides is 1. The van der Waals surface area contributed by atoms with Gasteiger partial charge in [-0.05, 0) is 17.7 Å². The van der Waals surface area contributed by atoms with Gasteiger partial charge in [-0.2, -0.15) is 0 Å². The van der Waals surface area contributed by atoms with Crippen LogP contribution >= 0.6 is 15.9 Å². The van der Waals surface area contributed by atoms with Crippen LogP contribution in [0.1, 0.15) is 12.0 Å². The van der Waals surface area contributed by atoms with Crippen LogP contribution in [-0.2, 0) is 16.1 Å². The number of ketones is 1. The Hall–Kier alpha value is -1.16. The molecule has 0 radical (unpaired) electrons. The first-order valence-corrected chi connectivity index (χ1v) is 5.48. The predicted molar refractivity (Wildman–Crippen MR) is 59.2 cm³/mol. The summed E-state index contributed by atoms with van der Waals surface area (Å²) in [7, 11) is 0. The zero-order chi connectivity index (χ0) is 10.8. The summed E-state index contributed by atoms with van der Waals surface area (Å²) in [5.41, 5.74) is 1.04. The summed E-state index contributed by atoms with van der Waals surface area (Å²) < 4.78 is 1.01. The summed E-state index contributed by atoms with van der Waals surface area (Å²) in [5, 5.41) is 0. The number of carbonyl (C=O) groups is 2. The Labute approximate surface area is 96.2 Å². The molecule has 4 heteroatoms. The van der Waals surface area contributed by atoms with Gasteiger partial charge in [-0.1, -0.05) is 28.1 Å². The van der Waals surface area contributed by atoms with Crippen LogP contribution in [0.3, 0.4) is 0 Å². The SMILES string of the molecule is O=C1CC(=O)N(Cc2ccc(Br)cc2)C1. The number of rotatable bonds is 2.